The highest BCUT2D eigenvalue weighted by Gasteiger charge is 2.14. The van der Waals surface area contributed by atoms with E-state index in [0.717, 1.165) is 6.04 Å². The van der Waals surface area contributed by atoms with E-state index in [2.05, 4.69) is 24.5 Å². The van der Waals surface area contributed by atoms with E-state index >= 15 is 0 Å². The summed E-state index contributed by atoms with van der Waals surface area (Å²) in [6.07, 6.45) is 0.386. The van der Waals surface area contributed by atoms with Gasteiger partial charge in [0.05, 0.1) is 18.1 Å². The van der Waals surface area contributed by atoms with Crippen molar-refractivity contribution in [1.29, 1.82) is 0 Å². The molecule has 0 radical (unpaired) electrons. The molecule has 0 N–H and O–H groups in total. The van der Waals surface area contributed by atoms with Crippen molar-refractivity contribution in [2.24, 2.45) is 0 Å². The SMILES string of the molecule is [C-]#[N+]c1ccc([N+](=O)[O-])c(CCOCOCC[Si](C)(C)C)c1. The van der Waals surface area contributed by atoms with Crippen LogP contribution in [0.1, 0.15) is 5.56 Å². The van der Waals surface area contributed by atoms with Crippen LogP contribution < -0.4 is 0 Å². The number of rotatable bonds is 9. The Labute approximate surface area is 132 Å². The average molecular weight is 322 g/mol. The van der Waals surface area contributed by atoms with Gasteiger partial charge < -0.3 is 9.47 Å². The van der Waals surface area contributed by atoms with Crippen LogP contribution in [0.25, 0.3) is 4.85 Å². The van der Waals surface area contributed by atoms with Gasteiger partial charge in [-0.1, -0.05) is 19.6 Å². The Morgan fingerprint density at radius 3 is 2.55 bits per heavy atom. The van der Waals surface area contributed by atoms with Gasteiger partial charge in [0, 0.05) is 32.7 Å². The second kappa shape index (κ2) is 8.63. The summed E-state index contributed by atoms with van der Waals surface area (Å²) in [5, 5.41) is 11.0. The number of nitrogens with zero attached hydrogens (tertiary/aromatic N) is 2. The molecule has 0 saturated carbocycles. The normalized spacial score (nSPS) is 11.2. The van der Waals surface area contributed by atoms with Crippen molar-refractivity contribution in [2.75, 3.05) is 20.0 Å². The van der Waals surface area contributed by atoms with Gasteiger partial charge in [0.25, 0.3) is 5.69 Å². The van der Waals surface area contributed by atoms with Gasteiger partial charge in [-0.05, 0) is 18.2 Å². The summed E-state index contributed by atoms with van der Waals surface area (Å²) in [6.45, 7) is 15.0. The maximum absolute atomic E-state index is 11.0. The fourth-order valence-electron chi connectivity index (χ4n) is 1.76. The summed E-state index contributed by atoms with van der Waals surface area (Å²) in [7, 11) is -1.09. The number of ether oxygens (including phenoxy) is 2. The lowest BCUT2D eigenvalue weighted by Crippen LogP contribution is -2.22. The van der Waals surface area contributed by atoms with Gasteiger partial charge in [0.2, 0.25) is 0 Å². The monoisotopic (exact) mass is 322 g/mol. The van der Waals surface area contributed by atoms with Crippen LogP contribution in [-0.4, -0.2) is 33.0 Å². The van der Waals surface area contributed by atoms with Gasteiger partial charge in [0.1, 0.15) is 6.79 Å². The minimum Gasteiger partial charge on any atom is -0.356 e. The van der Waals surface area contributed by atoms with E-state index in [4.69, 9.17) is 16.0 Å². The van der Waals surface area contributed by atoms with Gasteiger partial charge >= 0.3 is 0 Å². The van der Waals surface area contributed by atoms with Gasteiger partial charge in [-0.15, -0.1) is 0 Å². The number of nitro groups is 1. The van der Waals surface area contributed by atoms with E-state index in [-0.39, 0.29) is 12.5 Å². The minimum atomic E-state index is -1.09. The topological polar surface area (TPSA) is 66.0 Å². The zero-order valence-electron chi connectivity index (χ0n) is 13.3. The highest BCUT2D eigenvalue weighted by Crippen LogP contribution is 2.24. The molecule has 1 aromatic rings. The van der Waals surface area contributed by atoms with Gasteiger partial charge in [-0.3, -0.25) is 10.1 Å². The van der Waals surface area contributed by atoms with E-state index in [1.165, 1.54) is 12.1 Å². The minimum absolute atomic E-state index is 0.0238. The van der Waals surface area contributed by atoms with Crippen molar-refractivity contribution < 1.29 is 14.4 Å². The molecule has 0 heterocycles. The fraction of sp³-hybridized carbons (Fsp3) is 0.533. The quantitative estimate of drug-likeness (QED) is 0.172. The molecule has 0 aliphatic rings. The molecule has 22 heavy (non-hydrogen) atoms. The average Bonchev–Trinajstić information content (AvgIpc) is 2.44. The Balaban J connectivity index is 2.38. The highest BCUT2D eigenvalue weighted by atomic mass is 28.3. The van der Waals surface area contributed by atoms with Crippen LogP contribution in [0.5, 0.6) is 0 Å². The lowest BCUT2D eigenvalue weighted by atomic mass is 10.1. The van der Waals surface area contributed by atoms with E-state index < -0.39 is 13.0 Å². The summed E-state index contributed by atoms with van der Waals surface area (Å²) in [6, 6.07) is 5.44. The van der Waals surface area contributed by atoms with Crippen molar-refractivity contribution in [2.45, 2.75) is 32.1 Å². The summed E-state index contributed by atoms with van der Waals surface area (Å²) < 4.78 is 10.8. The van der Waals surface area contributed by atoms with Crippen LogP contribution in [0, 0.1) is 16.7 Å². The first kappa shape index (κ1) is 18.3. The summed E-state index contributed by atoms with van der Waals surface area (Å²) in [5.74, 6) is 0. The number of hydrogen-bond acceptors (Lipinski definition) is 4. The largest absolute Gasteiger partial charge is 0.356 e. The molecule has 7 heteroatoms. The van der Waals surface area contributed by atoms with Crippen LogP contribution >= 0.6 is 0 Å². The Morgan fingerprint density at radius 2 is 1.95 bits per heavy atom. The molecule has 0 atom stereocenters. The maximum atomic E-state index is 11.0. The molecule has 1 aromatic carbocycles. The first-order valence-electron chi connectivity index (χ1n) is 7.14. The molecule has 0 spiro atoms. The third-order valence-electron chi connectivity index (χ3n) is 3.07. The highest BCUT2D eigenvalue weighted by molar-refractivity contribution is 6.76. The predicted molar refractivity (Wildman–Crippen MR) is 88.0 cm³/mol. The molecule has 0 saturated heterocycles. The molecular weight excluding hydrogens is 300 g/mol. The van der Waals surface area contributed by atoms with E-state index in [1.54, 1.807) is 6.07 Å². The smallest absolute Gasteiger partial charge is 0.270 e. The van der Waals surface area contributed by atoms with Crippen LogP contribution in [0.4, 0.5) is 11.4 Å². The van der Waals surface area contributed by atoms with Crippen molar-refractivity contribution in [3.05, 3.63) is 45.3 Å². The standard InChI is InChI=1S/C15H22N2O4Si/c1-16-14-5-6-15(17(18)19)13(11-14)7-8-20-12-21-9-10-22(2,3)4/h5-6,11H,7-10,12H2,2-4H3. The maximum Gasteiger partial charge on any atom is 0.270 e. The van der Waals surface area contributed by atoms with Crippen molar-refractivity contribution >= 4 is 19.4 Å². The van der Waals surface area contributed by atoms with E-state index in [9.17, 15) is 10.1 Å². The molecule has 0 amide bonds. The van der Waals surface area contributed by atoms with Crippen LogP contribution in [-0.2, 0) is 15.9 Å². The van der Waals surface area contributed by atoms with Crippen molar-refractivity contribution in [3.8, 4) is 0 Å². The van der Waals surface area contributed by atoms with Crippen molar-refractivity contribution in [1.82, 2.24) is 0 Å². The van der Waals surface area contributed by atoms with Gasteiger partial charge in [-0.2, -0.15) is 0 Å². The Morgan fingerprint density at radius 1 is 1.27 bits per heavy atom. The van der Waals surface area contributed by atoms with Crippen LogP contribution in [0.15, 0.2) is 18.2 Å². The van der Waals surface area contributed by atoms with E-state index in [0.29, 0.717) is 30.9 Å². The number of nitro benzene ring substituents is 1. The molecule has 0 bridgehead atoms. The lowest BCUT2D eigenvalue weighted by molar-refractivity contribution is -0.385. The van der Waals surface area contributed by atoms with Crippen molar-refractivity contribution in [3.63, 3.8) is 0 Å². The lowest BCUT2D eigenvalue weighted by Gasteiger charge is -2.15. The summed E-state index contributed by atoms with van der Waals surface area (Å²) in [5.41, 5.74) is 0.934. The summed E-state index contributed by atoms with van der Waals surface area (Å²) >= 11 is 0. The zero-order valence-corrected chi connectivity index (χ0v) is 14.3. The molecule has 1 rings (SSSR count). The third kappa shape index (κ3) is 6.80. The van der Waals surface area contributed by atoms with Gasteiger partial charge in [0.15, 0.2) is 5.69 Å². The first-order chi connectivity index (χ1) is 10.3. The molecule has 0 aliphatic carbocycles. The number of hydrogen-bond donors (Lipinski definition) is 0. The third-order valence-corrected chi connectivity index (χ3v) is 4.77. The Hall–Kier alpha value is -1.75. The second-order valence-electron chi connectivity index (χ2n) is 6.18. The molecule has 0 aliphatic heterocycles. The fourth-order valence-corrected chi connectivity index (χ4v) is 2.51. The first-order valence-corrected chi connectivity index (χ1v) is 10.8. The van der Waals surface area contributed by atoms with Crippen LogP contribution in [0.2, 0.25) is 25.7 Å². The molecule has 120 valence electrons. The second-order valence-corrected chi connectivity index (χ2v) is 11.8. The molecule has 0 unspecified atom stereocenters. The molecule has 0 aromatic heterocycles. The Bertz CT molecular complexity index is 549. The number of benzene rings is 1. The van der Waals surface area contributed by atoms with Gasteiger partial charge in [-0.25, -0.2) is 4.85 Å². The predicted octanol–water partition coefficient (Wildman–Crippen LogP) is 4.02. The molecule has 6 nitrogen and oxygen atoms in total. The molecular formula is C15H22N2O4Si. The van der Waals surface area contributed by atoms with Crippen LogP contribution in [0.3, 0.4) is 0 Å². The Kier molecular flexibility index (Phi) is 7.18. The zero-order chi connectivity index (χ0) is 16.6. The van der Waals surface area contributed by atoms with E-state index in [1.807, 2.05) is 0 Å². The summed E-state index contributed by atoms with van der Waals surface area (Å²) in [4.78, 5) is 13.8. The molecule has 0 fully saturated rings.